The molecule has 0 spiro atoms. The van der Waals surface area contributed by atoms with Gasteiger partial charge in [0.2, 0.25) is 5.91 Å². The Hall–Kier alpha value is -3.51. The second-order valence-corrected chi connectivity index (χ2v) is 12.8. The molecule has 2 aliphatic carbocycles. The molecule has 0 atom stereocenters. The Balaban J connectivity index is 1.08. The zero-order valence-corrected chi connectivity index (χ0v) is 24.5. The third-order valence-corrected chi connectivity index (χ3v) is 9.85. The molecular weight excluding hydrogens is 579 g/mol. The number of anilines is 1. The number of nitrogens with zero attached hydrogens (tertiary/aromatic N) is 3. The van der Waals surface area contributed by atoms with Gasteiger partial charge in [0.05, 0.1) is 23.5 Å². The highest BCUT2D eigenvalue weighted by molar-refractivity contribution is 7.99. The number of aromatic nitrogens is 2. The van der Waals surface area contributed by atoms with E-state index >= 15 is 0 Å². The molecule has 2 fully saturated rings. The van der Waals surface area contributed by atoms with Crippen molar-refractivity contribution in [2.24, 2.45) is 0 Å². The fourth-order valence-electron chi connectivity index (χ4n) is 5.65. The van der Waals surface area contributed by atoms with E-state index in [4.69, 9.17) is 10.7 Å². The Kier molecular flexibility index (Phi) is 8.16. The number of alkyl halides is 3. The van der Waals surface area contributed by atoms with Gasteiger partial charge in [-0.3, -0.25) is 14.2 Å². The molecule has 1 aromatic heterocycles. The van der Waals surface area contributed by atoms with Crippen LogP contribution in [-0.2, 0) is 23.2 Å². The molecule has 1 amide bonds. The summed E-state index contributed by atoms with van der Waals surface area (Å²) in [5.74, 6) is -0.277. The van der Waals surface area contributed by atoms with E-state index in [9.17, 15) is 22.8 Å². The molecule has 0 saturated heterocycles. The molecule has 1 aliphatic heterocycles. The summed E-state index contributed by atoms with van der Waals surface area (Å²) in [6.45, 7) is 1.82. The van der Waals surface area contributed by atoms with Gasteiger partial charge in [-0.1, -0.05) is 30.3 Å². The SMILES string of the molecule is Nc1ccc(-n2c(SC3CCC3)nc3c(c2=O)CN(C(=O)CCNCC2(c4ccc(OC(F)(F)F)cc4)CC2)CC3)cc1. The maximum absolute atomic E-state index is 13.8. The van der Waals surface area contributed by atoms with E-state index in [1.807, 2.05) is 12.1 Å². The molecule has 2 heterocycles. The van der Waals surface area contributed by atoms with E-state index in [1.165, 1.54) is 18.6 Å². The second kappa shape index (κ2) is 11.9. The predicted octanol–water partition coefficient (Wildman–Crippen LogP) is 4.95. The Morgan fingerprint density at radius 1 is 1.12 bits per heavy atom. The average molecular weight is 614 g/mol. The smallest absolute Gasteiger partial charge is 0.406 e. The van der Waals surface area contributed by atoms with Crippen LogP contribution in [0.4, 0.5) is 18.9 Å². The van der Waals surface area contributed by atoms with Crippen LogP contribution in [0.15, 0.2) is 58.5 Å². The normalized spacial score (nSPS) is 17.7. The highest BCUT2D eigenvalue weighted by Gasteiger charge is 2.44. The summed E-state index contributed by atoms with van der Waals surface area (Å²) in [4.78, 5) is 33.7. The van der Waals surface area contributed by atoms with E-state index in [0.717, 1.165) is 36.9 Å². The number of thioether (sulfide) groups is 1. The van der Waals surface area contributed by atoms with Crippen molar-refractivity contribution < 1.29 is 22.7 Å². The standard InChI is InChI=1S/C31H34F3N5O3S/c32-31(33,34)42-23-10-4-20(5-11-23)30(14-15-30)19-36-16-12-27(40)38-17-13-26-25(18-38)28(41)39(22-8-6-21(35)7-9-22)29(37-26)43-24-2-1-3-24/h4-11,24,36H,1-3,12-19,35H2. The summed E-state index contributed by atoms with van der Waals surface area (Å²) in [5.41, 5.74) is 9.20. The number of hydrogen-bond donors (Lipinski definition) is 2. The monoisotopic (exact) mass is 613 g/mol. The van der Waals surface area contributed by atoms with Crippen LogP contribution in [0.2, 0.25) is 0 Å². The molecule has 6 rings (SSSR count). The third-order valence-electron chi connectivity index (χ3n) is 8.56. The van der Waals surface area contributed by atoms with Crippen LogP contribution in [0, 0.1) is 0 Å². The van der Waals surface area contributed by atoms with Gasteiger partial charge >= 0.3 is 6.36 Å². The Bertz CT molecular complexity index is 1530. The summed E-state index contributed by atoms with van der Waals surface area (Å²) >= 11 is 1.65. The van der Waals surface area contributed by atoms with Crippen molar-refractivity contribution in [1.82, 2.24) is 19.8 Å². The van der Waals surface area contributed by atoms with Crippen LogP contribution in [0.5, 0.6) is 5.75 Å². The lowest BCUT2D eigenvalue weighted by Gasteiger charge is -2.30. The van der Waals surface area contributed by atoms with E-state index in [1.54, 1.807) is 45.5 Å². The molecule has 43 heavy (non-hydrogen) atoms. The fourth-order valence-corrected chi connectivity index (χ4v) is 6.97. The lowest BCUT2D eigenvalue weighted by atomic mass is 9.96. The highest BCUT2D eigenvalue weighted by atomic mass is 32.2. The van der Waals surface area contributed by atoms with Crippen LogP contribution in [0.1, 0.15) is 55.3 Å². The van der Waals surface area contributed by atoms with Gasteiger partial charge in [-0.15, -0.1) is 13.2 Å². The van der Waals surface area contributed by atoms with Crippen LogP contribution in [0.3, 0.4) is 0 Å². The van der Waals surface area contributed by atoms with Crippen molar-refractivity contribution in [1.29, 1.82) is 0 Å². The molecule has 228 valence electrons. The molecule has 3 aromatic rings. The van der Waals surface area contributed by atoms with Gasteiger partial charge in [0, 0.05) is 48.8 Å². The molecule has 0 bridgehead atoms. The maximum Gasteiger partial charge on any atom is 0.573 e. The molecule has 2 saturated carbocycles. The van der Waals surface area contributed by atoms with Crippen LogP contribution < -0.4 is 21.3 Å². The lowest BCUT2D eigenvalue weighted by molar-refractivity contribution is -0.274. The molecule has 3 aliphatic rings. The van der Waals surface area contributed by atoms with E-state index in [2.05, 4.69) is 10.1 Å². The van der Waals surface area contributed by atoms with Gasteiger partial charge in [0.25, 0.3) is 5.56 Å². The topological polar surface area (TPSA) is 102 Å². The number of carbonyl (C=O) groups excluding carboxylic acids is 1. The minimum Gasteiger partial charge on any atom is -0.406 e. The third kappa shape index (κ3) is 6.70. The summed E-state index contributed by atoms with van der Waals surface area (Å²) in [6, 6.07) is 13.2. The van der Waals surface area contributed by atoms with Gasteiger partial charge in [-0.25, -0.2) is 4.98 Å². The number of carbonyl (C=O) groups is 1. The second-order valence-electron chi connectivity index (χ2n) is 11.6. The van der Waals surface area contributed by atoms with Crippen molar-refractivity contribution in [3.05, 3.63) is 75.7 Å². The van der Waals surface area contributed by atoms with Gasteiger partial charge in [-0.2, -0.15) is 0 Å². The highest BCUT2D eigenvalue weighted by Crippen LogP contribution is 2.48. The average Bonchev–Trinajstić information content (AvgIpc) is 3.74. The summed E-state index contributed by atoms with van der Waals surface area (Å²) in [5, 5.41) is 4.51. The number of nitrogens with one attached hydrogen (secondary N) is 1. The lowest BCUT2D eigenvalue weighted by Crippen LogP contribution is -2.42. The first-order valence-electron chi connectivity index (χ1n) is 14.6. The summed E-state index contributed by atoms with van der Waals surface area (Å²) in [6.07, 6.45) is 1.34. The number of halogens is 3. The Labute approximate surface area is 251 Å². The largest absolute Gasteiger partial charge is 0.573 e. The van der Waals surface area contributed by atoms with Crippen LogP contribution >= 0.6 is 11.8 Å². The molecular formula is C31H34F3N5O3S. The number of benzene rings is 2. The number of amides is 1. The van der Waals surface area contributed by atoms with Crippen molar-refractivity contribution >= 4 is 23.4 Å². The predicted molar refractivity (Wildman–Crippen MR) is 158 cm³/mol. The number of nitrogen functional groups attached to an aromatic ring is 1. The van der Waals surface area contributed by atoms with Gasteiger partial charge in [0.15, 0.2) is 5.16 Å². The first-order valence-corrected chi connectivity index (χ1v) is 15.5. The molecule has 12 heteroatoms. The minimum atomic E-state index is -4.72. The molecule has 3 N–H and O–H groups in total. The number of nitrogens with two attached hydrogens (primary N) is 1. The van der Waals surface area contributed by atoms with Crippen molar-refractivity contribution in [3.63, 3.8) is 0 Å². The number of fused-ring (bicyclic) bond motifs is 1. The quantitative estimate of drug-likeness (QED) is 0.190. The first kappa shape index (κ1) is 29.6. The number of rotatable bonds is 10. The van der Waals surface area contributed by atoms with Crippen molar-refractivity contribution in [2.45, 2.75) is 73.7 Å². The molecule has 0 radical (unpaired) electrons. The Morgan fingerprint density at radius 2 is 1.84 bits per heavy atom. The zero-order chi connectivity index (χ0) is 30.2. The van der Waals surface area contributed by atoms with Crippen molar-refractivity contribution in [3.8, 4) is 11.4 Å². The number of ether oxygens (including phenoxy) is 1. The zero-order valence-electron chi connectivity index (χ0n) is 23.7. The van der Waals surface area contributed by atoms with E-state index in [0.29, 0.717) is 53.4 Å². The molecule has 2 aromatic carbocycles. The molecule has 8 nitrogen and oxygen atoms in total. The minimum absolute atomic E-state index is 0.0389. The first-order chi connectivity index (χ1) is 20.6. The van der Waals surface area contributed by atoms with Crippen LogP contribution in [-0.4, -0.2) is 51.6 Å². The fraction of sp³-hybridized carbons (Fsp3) is 0.452. The van der Waals surface area contributed by atoms with Crippen LogP contribution in [0.25, 0.3) is 5.69 Å². The number of hydrogen-bond acceptors (Lipinski definition) is 7. The summed E-state index contributed by atoms with van der Waals surface area (Å²) < 4.78 is 43.0. The Morgan fingerprint density at radius 3 is 2.47 bits per heavy atom. The van der Waals surface area contributed by atoms with Gasteiger partial charge < -0.3 is 20.7 Å². The molecule has 0 unspecified atom stereocenters. The van der Waals surface area contributed by atoms with E-state index in [-0.39, 0.29) is 35.6 Å². The van der Waals surface area contributed by atoms with Gasteiger partial charge in [0.1, 0.15) is 5.75 Å². The van der Waals surface area contributed by atoms with Crippen molar-refractivity contribution in [2.75, 3.05) is 25.4 Å². The summed E-state index contributed by atoms with van der Waals surface area (Å²) in [7, 11) is 0. The van der Waals surface area contributed by atoms with E-state index < -0.39 is 6.36 Å². The maximum atomic E-state index is 13.8. The van der Waals surface area contributed by atoms with Gasteiger partial charge in [-0.05, 0) is 67.6 Å².